The monoisotopic (exact) mass is 260 g/mol. The average Bonchev–Trinajstić information content (AvgIpc) is 2.43. The number of Topliss-reactive ketones (excluding diaryl/α,β-unsaturated/α-hetero) is 1. The second-order valence-corrected chi connectivity index (χ2v) is 6.81. The molecular weight excluding hydrogens is 236 g/mol. The third-order valence-electron chi connectivity index (χ3n) is 5.92. The molecule has 3 aliphatic carbocycles. The van der Waals surface area contributed by atoms with Crippen LogP contribution in [0, 0.1) is 10.8 Å². The standard InChI is InChI=1S/C17H24O2/c1-12-13-6-10-17(11-18)8-4-3-5-15(17)16(13,2)9-7-14(12)19/h5,18H,3-4,6-11H2,1-2H3/t16-,17?/m0/s1. The minimum absolute atomic E-state index is 0.0111. The van der Waals surface area contributed by atoms with Gasteiger partial charge < -0.3 is 5.11 Å². The summed E-state index contributed by atoms with van der Waals surface area (Å²) < 4.78 is 0. The molecule has 0 amide bonds. The SMILES string of the molecule is CC1=C2CCC3(CO)CCCC=C3[C@@]2(C)CCC1=O. The topological polar surface area (TPSA) is 37.3 Å². The Hall–Kier alpha value is -0.890. The third kappa shape index (κ3) is 1.69. The van der Waals surface area contributed by atoms with Crippen molar-refractivity contribution in [2.75, 3.05) is 6.61 Å². The van der Waals surface area contributed by atoms with E-state index < -0.39 is 0 Å². The highest BCUT2D eigenvalue weighted by atomic mass is 16.3. The zero-order valence-electron chi connectivity index (χ0n) is 12.1. The van der Waals surface area contributed by atoms with Gasteiger partial charge in [-0.05, 0) is 51.0 Å². The molecule has 1 unspecified atom stereocenters. The van der Waals surface area contributed by atoms with E-state index in [1.165, 1.54) is 17.6 Å². The Balaban J connectivity index is 2.14. The molecule has 0 aromatic heterocycles. The van der Waals surface area contributed by atoms with Crippen molar-refractivity contribution in [3.63, 3.8) is 0 Å². The van der Waals surface area contributed by atoms with Gasteiger partial charge in [-0.1, -0.05) is 24.1 Å². The normalized spacial score (nSPS) is 38.7. The van der Waals surface area contributed by atoms with E-state index in [1.807, 2.05) is 6.92 Å². The van der Waals surface area contributed by atoms with Crippen LogP contribution in [0.3, 0.4) is 0 Å². The number of hydrogen-bond acceptors (Lipinski definition) is 2. The molecule has 3 aliphatic rings. The lowest BCUT2D eigenvalue weighted by molar-refractivity contribution is -0.116. The minimum atomic E-state index is 0.0111. The molecule has 0 spiro atoms. The van der Waals surface area contributed by atoms with Crippen LogP contribution in [-0.2, 0) is 4.79 Å². The summed E-state index contributed by atoms with van der Waals surface area (Å²) in [6.45, 7) is 4.58. The molecule has 1 saturated carbocycles. The summed E-state index contributed by atoms with van der Waals surface area (Å²) in [4.78, 5) is 12.0. The number of carbonyl (C=O) groups excluding carboxylic acids is 1. The maximum Gasteiger partial charge on any atom is 0.158 e. The first kappa shape index (κ1) is 13.1. The lowest BCUT2D eigenvalue weighted by Crippen LogP contribution is -2.45. The number of hydrogen-bond donors (Lipinski definition) is 1. The van der Waals surface area contributed by atoms with Gasteiger partial charge >= 0.3 is 0 Å². The highest BCUT2D eigenvalue weighted by Gasteiger charge is 2.51. The first-order valence-electron chi connectivity index (χ1n) is 7.59. The number of aliphatic hydroxyl groups excluding tert-OH is 1. The lowest BCUT2D eigenvalue weighted by atomic mass is 9.51. The summed E-state index contributed by atoms with van der Waals surface area (Å²) >= 11 is 0. The Morgan fingerprint density at radius 3 is 2.79 bits per heavy atom. The highest BCUT2D eigenvalue weighted by molar-refractivity contribution is 5.97. The van der Waals surface area contributed by atoms with Crippen LogP contribution in [-0.4, -0.2) is 17.5 Å². The predicted octanol–water partition coefficient (Wildman–Crippen LogP) is 3.55. The second-order valence-electron chi connectivity index (χ2n) is 6.81. The van der Waals surface area contributed by atoms with E-state index in [2.05, 4.69) is 13.0 Å². The van der Waals surface area contributed by atoms with E-state index in [0.29, 0.717) is 12.2 Å². The summed E-state index contributed by atoms with van der Waals surface area (Å²) in [5.74, 6) is 0.334. The van der Waals surface area contributed by atoms with Gasteiger partial charge in [-0.25, -0.2) is 0 Å². The van der Waals surface area contributed by atoms with Crippen LogP contribution >= 0.6 is 0 Å². The smallest absolute Gasteiger partial charge is 0.158 e. The van der Waals surface area contributed by atoms with Crippen LogP contribution < -0.4 is 0 Å². The molecule has 1 fully saturated rings. The van der Waals surface area contributed by atoms with E-state index in [1.54, 1.807) is 0 Å². The number of carbonyl (C=O) groups is 1. The van der Waals surface area contributed by atoms with Gasteiger partial charge in [0, 0.05) is 17.3 Å². The van der Waals surface area contributed by atoms with E-state index >= 15 is 0 Å². The van der Waals surface area contributed by atoms with Crippen LogP contribution in [0.5, 0.6) is 0 Å². The van der Waals surface area contributed by atoms with Gasteiger partial charge in [0.25, 0.3) is 0 Å². The average molecular weight is 260 g/mol. The van der Waals surface area contributed by atoms with Gasteiger partial charge in [-0.3, -0.25) is 4.79 Å². The first-order chi connectivity index (χ1) is 9.03. The van der Waals surface area contributed by atoms with Crippen LogP contribution in [0.15, 0.2) is 22.8 Å². The van der Waals surface area contributed by atoms with Crippen LogP contribution in [0.2, 0.25) is 0 Å². The van der Waals surface area contributed by atoms with E-state index in [4.69, 9.17) is 0 Å². The van der Waals surface area contributed by atoms with Crippen molar-refractivity contribution < 1.29 is 9.90 Å². The number of aliphatic hydroxyl groups is 1. The van der Waals surface area contributed by atoms with E-state index in [-0.39, 0.29) is 17.4 Å². The fourth-order valence-electron chi connectivity index (χ4n) is 4.76. The molecule has 1 N–H and O–H groups in total. The van der Waals surface area contributed by atoms with Gasteiger partial charge in [-0.15, -0.1) is 0 Å². The quantitative estimate of drug-likeness (QED) is 0.732. The molecule has 0 heterocycles. The largest absolute Gasteiger partial charge is 0.395 e. The fourth-order valence-corrected chi connectivity index (χ4v) is 4.76. The second kappa shape index (κ2) is 4.31. The highest BCUT2D eigenvalue weighted by Crippen LogP contribution is 2.60. The lowest BCUT2D eigenvalue weighted by Gasteiger charge is -2.53. The third-order valence-corrected chi connectivity index (χ3v) is 5.92. The maximum absolute atomic E-state index is 12.0. The zero-order valence-corrected chi connectivity index (χ0v) is 12.1. The fraction of sp³-hybridized carbons (Fsp3) is 0.706. The van der Waals surface area contributed by atoms with Crippen molar-refractivity contribution >= 4 is 5.78 Å². The van der Waals surface area contributed by atoms with Gasteiger partial charge in [0.2, 0.25) is 0 Å². The number of fused-ring (bicyclic) bond motifs is 3. The van der Waals surface area contributed by atoms with Crippen molar-refractivity contribution in [3.05, 3.63) is 22.8 Å². The molecular formula is C17H24O2. The molecule has 2 heteroatoms. The molecule has 0 aliphatic heterocycles. The summed E-state index contributed by atoms with van der Waals surface area (Å²) in [7, 11) is 0. The van der Waals surface area contributed by atoms with Gasteiger partial charge in [-0.2, -0.15) is 0 Å². The Bertz CT molecular complexity index is 485. The Kier molecular flexibility index (Phi) is 2.97. The van der Waals surface area contributed by atoms with Crippen molar-refractivity contribution in [2.45, 2.75) is 58.8 Å². The molecule has 0 bridgehead atoms. The molecule has 19 heavy (non-hydrogen) atoms. The summed E-state index contributed by atoms with van der Waals surface area (Å²) in [5.41, 5.74) is 3.87. The van der Waals surface area contributed by atoms with Gasteiger partial charge in [0.1, 0.15) is 0 Å². The van der Waals surface area contributed by atoms with Crippen LogP contribution in [0.4, 0.5) is 0 Å². The van der Waals surface area contributed by atoms with E-state index in [0.717, 1.165) is 37.7 Å². The van der Waals surface area contributed by atoms with E-state index in [9.17, 15) is 9.90 Å². The predicted molar refractivity (Wildman–Crippen MR) is 75.7 cm³/mol. The molecule has 0 aromatic carbocycles. The maximum atomic E-state index is 12.0. The van der Waals surface area contributed by atoms with Crippen LogP contribution in [0.25, 0.3) is 0 Å². The van der Waals surface area contributed by atoms with Gasteiger partial charge in [0.15, 0.2) is 5.78 Å². The van der Waals surface area contributed by atoms with Crippen molar-refractivity contribution in [2.24, 2.45) is 10.8 Å². The molecule has 2 atom stereocenters. The number of rotatable bonds is 1. The van der Waals surface area contributed by atoms with Gasteiger partial charge in [0.05, 0.1) is 6.61 Å². The molecule has 104 valence electrons. The van der Waals surface area contributed by atoms with Crippen LogP contribution in [0.1, 0.15) is 58.8 Å². The van der Waals surface area contributed by atoms with Crippen molar-refractivity contribution in [3.8, 4) is 0 Å². The molecule has 2 nitrogen and oxygen atoms in total. The first-order valence-corrected chi connectivity index (χ1v) is 7.59. The molecule has 0 aromatic rings. The summed E-state index contributed by atoms with van der Waals surface area (Å²) in [6.07, 6.45) is 9.44. The minimum Gasteiger partial charge on any atom is -0.395 e. The molecule has 0 saturated heterocycles. The summed E-state index contributed by atoms with van der Waals surface area (Å²) in [6, 6.07) is 0. The number of allylic oxidation sites excluding steroid dienone is 3. The van der Waals surface area contributed by atoms with Crippen molar-refractivity contribution in [1.82, 2.24) is 0 Å². The number of ketones is 1. The zero-order chi connectivity index (χ0) is 13.7. The Morgan fingerprint density at radius 2 is 2.05 bits per heavy atom. The molecule has 3 rings (SSSR count). The Labute approximate surface area is 115 Å². The van der Waals surface area contributed by atoms with Crippen molar-refractivity contribution in [1.29, 1.82) is 0 Å². The summed E-state index contributed by atoms with van der Waals surface area (Å²) in [5, 5.41) is 9.98. The molecule has 0 radical (unpaired) electrons. The Morgan fingerprint density at radius 1 is 1.26 bits per heavy atom.